The first-order chi connectivity index (χ1) is 9.93. The molecule has 2 aromatic carbocycles. The Balaban J connectivity index is 1.93. The zero-order valence-electron chi connectivity index (χ0n) is 11.1. The zero-order chi connectivity index (χ0) is 13.4. The maximum atomic E-state index is 4.56. The fourth-order valence-corrected chi connectivity index (χ4v) is 3.00. The smallest absolute Gasteiger partial charge is 0.116 e. The Morgan fingerprint density at radius 2 is 1.80 bits per heavy atom. The largest absolute Gasteiger partial charge is 0.305 e. The molecule has 4 rings (SSSR count). The number of hydrogen-bond acceptors (Lipinski definition) is 3. The van der Waals surface area contributed by atoms with E-state index in [4.69, 9.17) is 0 Å². The number of nitrogens with one attached hydrogen (secondary N) is 1. The van der Waals surface area contributed by atoms with Crippen LogP contribution in [-0.2, 0) is 6.42 Å². The minimum Gasteiger partial charge on any atom is -0.305 e. The fraction of sp³-hybridized carbons (Fsp3) is 0.176. The first-order valence-electron chi connectivity index (χ1n) is 6.94. The highest BCUT2D eigenvalue weighted by Crippen LogP contribution is 2.30. The normalized spacial score (nSPS) is 17.9. The van der Waals surface area contributed by atoms with E-state index in [1.54, 1.807) is 6.33 Å². The van der Waals surface area contributed by atoms with Crippen molar-refractivity contribution in [2.75, 3.05) is 6.54 Å². The van der Waals surface area contributed by atoms with Crippen LogP contribution in [0, 0.1) is 0 Å². The van der Waals surface area contributed by atoms with Crippen molar-refractivity contribution < 1.29 is 0 Å². The molecule has 0 bridgehead atoms. The Hall–Kier alpha value is -2.26. The first kappa shape index (κ1) is 11.6. The second-order valence-corrected chi connectivity index (χ2v) is 5.11. The molecule has 0 aliphatic carbocycles. The van der Waals surface area contributed by atoms with Gasteiger partial charge in [0.25, 0.3) is 0 Å². The van der Waals surface area contributed by atoms with Gasteiger partial charge in [0.2, 0.25) is 0 Å². The van der Waals surface area contributed by atoms with Crippen LogP contribution in [0.3, 0.4) is 0 Å². The van der Waals surface area contributed by atoms with Crippen LogP contribution in [0.15, 0.2) is 54.9 Å². The summed E-state index contributed by atoms with van der Waals surface area (Å²) in [5, 5.41) is 4.72. The van der Waals surface area contributed by atoms with Crippen LogP contribution in [0.2, 0.25) is 0 Å². The number of fused-ring (bicyclic) bond motifs is 2. The number of nitrogens with zero attached hydrogens (tertiary/aromatic N) is 2. The van der Waals surface area contributed by atoms with Gasteiger partial charge in [0.15, 0.2) is 0 Å². The topological polar surface area (TPSA) is 37.8 Å². The molecule has 3 heteroatoms. The standard InChI is InChI=1S/C17H15N3/c1-2-6-13-12(5-1)9-10-18-16(13)17-14-7-3-4-8-15(14)19-11-20-17/h1-8,11,16,18H,9-10H2. The fourth-order valence-electron chi connectivity index (χ4n) is 3.00. The van der Waals surface area contributed by atoms with Gasteiger partial charge in [0.05, 0.1) is 17.3 Å². The molecule has 0 fully saturated rings. The van der Waals surface area contributed by atoms with Crippen LogP contribution in [0.5, 0.6) is 0 Å². The third-order valence-electron chi connectivity index (χ3n) is 3.96. The van der Waals surface area contributed by atoms with E-state index in [9.17, 15) is 0 Å². The van der Waals surface area contributed by atoms with Gasteiger partial charge in [-0.2, -0.15) is 0 Å². The Bertz CT molecular complexity index is 762. The van der Waals surface area contributed by atoms with Gasteiger partial charge in [0, 0.05) is 11.9 Å². The van der Waals surface area contributed by atoms with Crippen molar-refractivity contribution in [1.29, 1.82) is 0 Å². The van der Waals surface area contributed by atoms with Crippen molar-refractivity contribution in [3.63, 3.8) is 0 Å². The van der Waals surface area contributed by atoms with Crippen molar-refractivity contribution in [2.45, 2.75) is 12.5 Å². The second kappa shape index (κ2) is 4.69. The number of para-hydroxylation sites is 1. The van der Waals surface area contributed by atoms with Crippen LogP contribution < -0.4 is 5.32 Å². The molecule has 0 saturated carbocycles. The molecule has 1 aliphatic rings. The molecular formula is C17H15N3. The van der Waals surface area contributed by atoms with E-state index in [1.807, 2.05) is 18.2 Å². The molecule has 1 aliphatic heterocycles. The van der Waals surface area contributed by atoms with E-state index in [0.717, 1.165) is 29.6 Å². The maximum absolute atomic E-state index is 4.56. The van der Waals surface area contributed by atoms with Crippen molar-refractivity contribution >= 4 is 10.9 Å². The van der Waals surface area contributed by atoms with Crippen molar-refractivity contribution in [1.82, 2.24) is 15.3 Å². The summed E-state index contributed by atoms with van der Waals surface area (Å²) in [5.41, 5.74) is 4.83. The minimum absolute atomic E-state index is 0.160. The molecule has 1 N–H and O–H groups in total. The lowest BCUT2D eigenvalue weighted by Crippen LogP contribution is -2.31. The number of hydrogen-bond donors (Lipinski definition) is 1. The zero-order valence-corrected chi connectivity index (χ0v) is 11.1. The molecule has 98 valence electrons. The van der Waals surface area contributed by atoms with Gasteiger partial charge < -0.3 is 5.32 Å². The van der Waals surface area contributed by atoms with Crippen molar-refractivity contribution in [2.24, 2.45) is 0 Å². The van der Waals surface area contributed by atoms with E-state index in [-0.39, 0.29) is 6.04 Å². The van der Waals surface area contributed by atoms with Gasteiger partial charge >= 0.3 is 0 Å². The quantitative estimate of drug-likeness (QED) is 0.732. The number of benzene rings is 2. The van der Waals surface area contributed by atoms with E-state index >= 15 is 0 Å². The van der Waals surface area contributed by atoms with Crippen LogP contribution in [0.1, 0.15) is 22.9 Å². The van der Waals surface area contributed by atoms with Crippen LogP contribution in [-0.4, -0.2) is 16.5 Å². The summed E-state index contributed by atoms with van der Waals surface area (Å²) >= 11 is 0. The summed E-state index contributed by atoms with van der Waals surface area (Å²) in [5.74, 6) is 0. The predicted octanol–water partition coefficient (Wildman–Crippen LogP) is 2.86. The van der Waals surface area contributed by atoms with E-state index < -0.39 is 0 Å². The van der Waals surface area contributed by atoms with E-state index in [0.29, 0.717) is 0 Å². The second-order valence-electron chi connectivity index (χ2n) is 5.11. The summed E-state index contributed by atoms with van der Waals surface area (Å²) < 4.78 is 0. The summed E-state index contributed by atoms with van der Waals surface area (Å²) in [6.45, 7) is 0.986. The molecule has 0 spiro atoms. The van der Waals surface area contributed by atoms with Gasteiger partial charge in [0.1, 0.15) is 6.33 Å². The predicted molar refractivity (Wildman–Crippen MR) is 79.5 cm³/mol. The maximum Gasteiger partial charge on any atom is 0.116 e. The summed E-state index contributed by atoms with van der Waals surface area (Å²) in [6.07, 6.45) is 2.74. The van der Waals surface area contributed by atoms with Crippen LogP contribution in [0.4, 0.5) is 0 Å². The molecule has 1 aromatic heterocycles. The van der Waals surface area contributed by atoms with Gasteiger partial charge in [-0.3, -0.25) is 0 Å². The summed E-state index contributed by atoms with van der Waals surface area (Å²) in [7, 11) is 0. The van der Waals surface area contributed by atoms with Crippen LogP contribution in [0.25, 0.3) is 10.9 Å². The highest BCUT2D eigenvalue weighted by molar-refractivity contribution is 5.81. The third-order valence-corrected chi connectivity index (χ3v) is 3.96. The van der Waals surface area contributed by atoms with Crippen molar-refractivity contribution in [3.05, 3.63) is 71.7 Å². The number of aromatic nitrogens is 2. The Kier molecular flexibility index (Phi) is 2.71. The average Bonchev–Trinajstić information content (AvgIpc) is 2.54. The Morgan fingerprint density at radius 1 is 0.950 bits per heavy atom. The van der Waals surface area contributed by atoms with Gasteiger partial charge in [-0.1, -0.05) is 42.5 Å². The third kappa shape index (κ3) is 1.79. The molecule has 0 radical (unpaired) electrons. The van der Waals surface area contributed by atoms with Crippen LogP contribution >= 0.6 is 0 Å². The highest BCUT2D eigenvalue weighted by Gasteiger charge is 2.23. The average molecular weight is 261 g/mol. The summed E-state index contributed by atoms with van der Waals surface area (Å²) in [6, 6.07) is 17.0. The molecule has 0 saturated heterocycles. The SMILES string of the molecule is c1ccc2c(c1)CCNC2c1ncnc2ccccc12. The van der Waals surface area contributed by atoms with E-state index in [1.165, 1.54) is 11.1 Å². The van der Waals surface area contributed by atoms with Crippen molar-refractivity contribution in [3.8, 4) is 0 Å². The molecular weight excluding hydrogens is 246 g/mol. The molecule has 3 aromatic rings. The van der Waals surface area contributed by atoms with Gasteiger partial charge in [-0.15, -0.1) is 0 Å². The monoisotopic (exact) mass is 261 g/mol. The van der Waals surface area contributed by atoms with Gasteiger partial charge in [-0.05, 0) is 23.6 Å². The lowest BCUT2D eigenvalue weighted by Gasteiger charge is -2.27. The molecule has 20 heavy (non-hydrogen) atoms. The molecule has 1 atom stereocenters. The summed E-state index contributed by atoms with van der Waals surface area (Å²) in [4.78, 5) is 8.91. The number of rotatable bonds is 1. The Morgan fingerprint density at radius 3 is 2.80 bits per heavy atom. The Labute approximate surface area is 117 Å². The van der Waals surface area contributed by atoms with E-state index in [2.05, 4.69) is 45.6 Å². The lowest BCUT2D eigenvalue weighted by atomic mass is 9.91. The molecule has 3 nitrogen and oxygen atoms in total. The molecule has 2 heterocycles. The minimum atomic E-state index is 0.160. The lowest BCUT2D eigenvalue weighted by molar-refractivity contribution is 0.559. The molecule has 0 amide bonds. The molecule has 1 unspecified atom stereocenters. The highest BCUT2D eigenvalue weighted by atomic mass is 15.0. The van der Waals surface area contributed by atoms with Gasteiger partial charge in [-0.25, -0.2) is 9.97 Å². The first-order valence-corrected chi connectivity index (χ1v) is 6.94.